The van der Waals surface area contributed by atoms with Crippen LogP contribution in [-0.2, 0) is 16.1 Å². The van der Waals surface area contributed by atoms with Crippen molar-refractivity contribution in [3.8, 4) is 11.1 Å². The molecular formula is C26H27N5O4. The monoisotopic (exact) mass is 473 g/mol. The summed E-state index contributed by atoms with van der Waals surface area (Å²) in [5, 5.41) is 5.12. The third-order valence-corrected chi connectivity index (χ3v) is 6.14. The summed E-state index contributed by atoms with van der Waals surface area (Å²) in [5.41, 5.74) is 3.05. The summed E-state index contributed by atoms with van der Waals surface area (Å²) in [5.74, 6) is 0.287. The predicted octanol–water partition coefficient (Wildman–Crippen LogP) is 3.89. The molecule has 2 aromatic heterocycles. The molecule has 0 unspecified atom stereocenters. The van der Waals surface area contributed by atoms with Gasteiger partial charge in [0.2, 0.25) is 0 Å². The maximum atomic E-state index is 13.3. The van der Waals surface area contributed by atoms with Crippen molar-refractivity contribution in [3.05, 3.63) is 53.8 Å². The van der Waals surface area contributed by atoms with Gasteiger partial charge in [-0.05, 0) is 57.4 Å². The predicted molar refractivity (Wildman–Crippen MR) is 129 cm³/mol. The van der Waals surface area contributed by atoms with Crippen LogP contribution in [0.4, 0.5) is 4.79 Å². The average molecular weight is 474 g/mol. The smallest absolute Gasteiger partial charge is 0.411 e. The molecule has 0 saturated heterocycles. The number of aryl methyl sites for hydroxylation is 1. The summed E-state index contributed by atoms with van der Waals surface area (Å²) in [7, 11) is 0. The minimum atomic E-state index is -0.706. The molecule has 180 valence electrons. The van der Waals surface area contributed by atoms with Crippen LogP contribution < -0.4 is 0 Å². The Morgan fingerprint density at radius 2 is 1.83 bits per heavy atom. The fraction of sp³-hybridized carbons (Fsp3) is 0.385. The highest BCUT2D eigenvalue weighted by Crippen LogP contribution is 2.43. The number of aromatic nitrogens is 4. The first-order chi connectivity index (χ1) is 16.5. The summed E-state index contributed by atoms with van der Waals surface area (Å²) in [6, 6.07) is 4.83. The summed E-state index contributed by atoms with van der Waals surface area (Å²) >= 11 is 0. The number of benzene rings is 1. The van der Waals surface area contributed by atoms with Crippen molar-refractivity contribution >= 4 is 28.6 Å². The lowest BCUT2D eigenvalue weighted by Crippen LogP contribution is -2.46. The fourth-order valence-corrected chi connectivity index (χ4v) is 4.42. The molecule has 9 nitrogen and oxygen atoms in total. The van der Waals surface area contributed by atoms with Crippen LogP contribution in [0.25, 0.3) is 22.0 Å². The quantitative estimate of drug-likeness (QED) is 0.409. The first-order valence-corrected chi connectivity index (χ1v) is 11.6. The molecule has 1 saturated carbocycles. The van der Waals surface area contributed by atoms with Crippen LogP contribution in [0.1, 0.15) is 50.4 Å². The molecule has 9 heteroatoms. The molecule has 0 bridgehead atoms. The summed E-state index contributed by atoms with van der Waals surface area (Å²) in [6.07, 6.45) is 5.59. The average Bonchev–Trinajstić information content (AvgIpc) is 3.28. The number of nitrogens with zero attached hydrogens (tertiary/aromatic N) is 5. The molecule has 1 aliphatic carbocycles. The molecule has 3 heterocycles. The number of fused-ring (bicyclic) bond motifs is 2. The molecule has 2 aliphatic rings. The minimum absolute atomic E-state index is 0.0692. The Bertz CT molecular complexity index is 1400. The van der Waals surface area contributed by atoms with E-state index in [0.717, 1.165) is 23.1 Å². The van der Waals surface area contributed by atoms with Gasteiger partial charge in [-0.1, -0.05) is 12.1 Å². The van der Waals surface area contributed by atoms with Crippen LogP contribution in [0, 0.1) is 6.92 Å². The number of hydrogen-bond acceptors (Lipinski definition) is 7. The van der Waals surface area contributed by atoms with E-state index in [9.17, 15) is 14.4 Å². The van der Waals surface area contributed by atoms with Gasteiger partial charge in [0.1, 0.15) is 29.7 Å². The van der Waals surface area contributed by atoms with Gasteiger partial charge in [0.15, 0.2) is 11.6 Å². The highest BCUT2D eigenvalue weighted by molar-refractivity contribution is 6.06. The van der Waals surface area contributed by atoms with Crippen LogP contribution in [0.5, 0.6) is 0 Å². The van der Waals surface area contributed by atoms with E-state index < -0.39 is 17.7 Å². The van der Waals surface area contributed by atoms with E-state index in [1.165, 1.54) is 11.8 Å². The maximum Gasteiger partial charge on any atom is 0.411 e. The lowest BCUT2D eigenvalue weighted by Gasteiger charge is -2.29. The van der Waals surface area contributed by atoms with Gasteiger partial charge in [-0.15, -0.1) is 0 Å². The third kappa shape index (κ3) is 4.34. The number of Topliss-reactive ketones (excluding diaryl/α,β-unsaturated/α-hetero) is 2. The molecule has 1 fully saturated rings. The maximum absolute atomic E-state index is 13.3. The zero-order valence-corrected chi connectivity index (χ0v) is 20.4. The number of ether oxygens (including phenoxy) is 1. The molecule has 2 atom stereocenters. The molecule has 1 aliphatic heterocycles. The van der Waals surface area contributed by atoms with Crippen LogP contribution in [0.2, 0.25) is 0 Å². The fourth-order valence-electron chi connectivity index (χ4n) is 4.42. The van der Waals surface area contributed by atoms with E-state index in [1.807, 2.05) is 31.2 Å². The Hall–Kier alpha value is -3.88. The second-order valence-corrected chi connectivity index (χ2v) is 10.1. The van der Waals surface area contributed by atoms with Crippen LogP contribution in [0.3, 0.4) is 0 Å². The van der Waals surface area contributed by atoms with Crippen molar-refractivity contribution in [1.29, 1.82) is 0 Å². The molecule has 0 N–H and O–H groups in total. The van der Waals surface area contributed by atoms with Crippen molar-refractivity contribution in [2.75, 3.05) is 0 Å². The van der Waals surface area contributed by atoms with Gasteiger partial charge in [0.05, 0.1) is 11.6 Å². The van der Waals surface area contributed by atoms with Crippen molar-refractivity contribution in [2.24, 2.45) is 0 Å². The van der Waals surface area contributed by atoms with Gasteiger partial charge in [-0.25, -0.2) is 14.8 Å². The van der Waals surface area contributed by atoms with E-state index in [0.29, 0.717) is 22.4 Å². The number of hydrogen-bond donors (Lipinski definition) is 0. The molecule has 35 heavy (non-hydrogen) atoms. The second-order valence-electron chi connectivity index (χ2n) is 10.1. The topological polar surface area (TPSA) is 107 Å². The van der Waals surface area contributed by atoms with Crippen LogP contribution >= 0.6 is 0 Å². The SMILES string of the molecule is CC(=O)c1nn(CC(=O)[C@@H]2C=C3C[C@H]3N2C(=O)OC(C)(C)C)c2ccc(-c3cnc(C)nc3)cc12. The molecule has 0 radical (unpaired) electrons. The van der Waals surface area contributed by atoms with Gasteiger partial charge >= 0.3 is 6.09 Å². The molecule has 3 aromatic rings. The lowest BCUT2D eigenvalue weighted by molar-refractivity contribution is -0.123. The van der Waals surface area contributed by atoms with Gasteiger partial charge in [-0.2, -0.15) is 5.10 Å². The first kappa shape index (κ1) is 22.9. The number of carbonyl (C=O) groups excluding carboxylic acids is 3. The standard InChI is InChI=1S/C26H27N5O4/c1-14(32)24-19-8-16(18-11-27-15(2)28-12-18)6-7-20(19)30(29-24)13-23(33)22-10-17-9-21(17)31(22)25(34)35-26(3,4)5/h6-8,10-12,21-22H,9,13H2,1-5H3/t21-,22+/m1/s1. The van der Waals surface area contributed by atoms with Gasteiger partial charge in [0, 0.05) is 30.3 Å². The molecule has 1 amide bonds. The number of rotatable bonds is 5. The van der Waals surface area contributed by atoms with E-state index in [4.69, 9.17) is 4.74 Å². The van der Waals surface area contributed by atoms with Gasteiger partial charge in [-0.3, -0.25) is 19.2 Å². The van der Waals surface area contributed by atoms with E-state index in [-0.39, 0.29) is 24.2 Å². The largest absolute Gasteiger partial charge is 0.444 e. The van der Waals surface area contributed by atoms with Crippen molar-refractivity contribution in [3.63, 3.8) is 0 Å². The molecule has 0 spiro atoms. The Morgan fingerprint density at radius 3 is 2.49 bits per heavy atom. The number of amides is 1. The normalized spacial score (nSPS) is 18.9. The van der Waals surface area contributed by atoms with Crippen molar-refractivity contribution < 1.29 is 19.1 Å². The highest BCUT2D eigenvalue weighted by atomic mass is 16.6. The second kappa shape index (κ2) is 8.11. The molecular weight excluding hydrogens is 446 g/mol. The Labute approximate surface area is 202 Å². The first-order valence-electron chi connectivity index (χ1n) is 11.6. The Kier molecular flexibility index (Phi) is 5.30. The van der Waals surface area contributed by atoms with Gasteiger partial charge < -0.3 is 4.74 Å². The highest BCUT2D eigenvalue weighted by Gasteiger charge is 2.50. The zero-order valence-electron chi connectivity index (χ0n) is 20.4. The zero-order chi connectivity index (χ0) is 25.1. The van der Waals surface area contributed by atoms with Crippen LogP contribution in [-0.4, -0.2) is 60.0 Å². The number of ketones is 2. The van der Waals surface area contributed by atoms with E-state index >= 15 is 0 Å². The summed E-state index contributed by atoms with van der Waals surface area (Å²) < 4.78 is 7.08. The molecule has 1 aromatic carbocycles. The minimum Gasteiger partial charge on any atom is -0.444 e. The Morgan fingerprint density at radius 1 is 1.11 bits per heavy atom. The van der Waals surface area contributed by atoms with Gasteiger partial charge in [0.25, 0.3) is 0 Å². The Balaban J connectivity index is 1.45. The van der Waals surface area contributed by atoms with Crippen molar-refractivity contribution in [1.82, 2.24) is 24.6 Å². The summed E-state index contributed by atoms with van der Waals surface area (Å²) in [4.78, 5) is 48.5. The third-order valence-electron chi connectivity index (χ3n) is 6.14. The van der Waals surface area contributed by atoms with Crippen molar-refractivity contribution in [2.45, 2.75) is 65.3 Å². The van der Waals surface area contributed by atoms with Crippen LogP contribution in [0.15, 0.2) is 42.2 Å². The van der Waals surface area contributed by atoms with E-state index in [2.05, 4.69) is 15.1 Å². The number of carbonyl (C=O) groups is 3. The summed E-state index contributed by atoms with van der Waals surface area (Å²) in [6.45, 7) is 8.60. The molecule has 5 rings (SSSR count). The van der Waals surface area contributed by atoms with E-state index in [1.54, 1.807) is 37.8 Å². The lowest BCUT2D eigenvalue weighted by atomic mass is 10.0.